The summed E-state index contributed by atoms with van der Waals surface area (Å²) in [7, 11) is -2.92. The Bertz CT molecular complexity index is 1210. The van der Waals surface area contributed by atoms with Crippen LogP contribution in [0, 0.1) is 29.6 Å². The monoisotopic (exact) mass is 447 g/mol. The first-order valence-corrected chi connectivity index (χ1v) is 10.3. The van der Waals surface area contributed by atoms with Crippen molar-refractivity contribution in [2.45, 2.75) is 17.9 Å². The first kappa shape index (κ1) is 23.6. The Balaban J connectivity index is 2.48. The zero-order valence-electron chi connectivity index (χ0n) is 16.7. The van der Waals surface area contributed by atoms with Crippen molar-refractivity contribution in [3.05, 3.63) is 58.4 Å². The maximum Gasteiger partial charge on any atom is 0.515 e. The van der Waals surface area contributed by atoms with E-state index in [1.807, 2.05) is 0 Å². The molecule has 0 aliphatic heterocycles. The van der Waals surface area contributed by atoms with Crippen LogP contribution in [0.2, 0.25) is 0 Å². The maximum absolute atomic E-state index is 13.5. The van der Waals surface area contributed by atoms with Crippen LogP contribution in [0.25, 0.3) is 4.25 Å². The molecule has 1 heterocycles. The Morgan fingerprint density at radius 2 is 2.23 bits per heavy atom. The van der Waals surface area contributed by atoms with E-state index in [9.17, 15) is 22.7 Å². The molecular weight excluding hydrogens is 427 g/mol. The van der Waals surface area contributed by atoms with E-state index in [1.54, 1.807) is 13.0 Å². The number of anilines is 1. The number of nitrogens with one attached hydrogen (secondary N) is 1. The second kappa shape index (κ2) is 9.43. The van der Waals surface area contributed by atoms with E-state index < -0.39 is 38.7 Å². The zero-order chi connectivity index (χ0) is 23.3. The zero-order valence-corrected chi connectivity index (χ0v) is 17.6. The number of ether oxygens (including phenoxy) is 1. The number of carbonyl (C=O) groups excluding carboxylic acids is 1. The number of benzene rings is 1. The Kier molecular flexibility index (Phi) is 7.18. The lowest BCUT2D eigenvalue weighted by molar-refractivity contribution is 0.100. The van der Waals surface area contributed by atoms with Crippen molar-refractivity contribution in [2.24, 2.45) is 13.0 Å². The summed E-state index contributed by atoms with van der Waals surface area (Å²) in [6, 6.07) is 5.04. The molecular formula is C20H20FN4O5S+. The van der Waals surface area contributed by atoms with Gasteiger partial charge in [-0.25, -0.2) is 4.39 Å². The average Bonchev–Trinajstić information content (AvgIpc) is 3.09. The van der Waals surface area contributed by atoms with E-state index in [-0.39, 0.29) is 29.3 Å². The van der Waals surface area contributed by atoms with E-state index in [4.69, 9.17) is 16.6 Å². The molecule has 1 unspecified atom stereocenters. The smallest absolute Gasteiger partial charge is 0.489 e. The van der Waals surface area contributed by atoms with Gasteiger partial charge < -0.3 is 19.7 Å². The highest BCUT2D eigenvalue weighted by Gasteiger charge is 2.35. The van der Waals surface area contributed by atoms with Crippen molar-refractivity contribution in [2.75, 3.05) is 11.9 Å². The van der Waals surface area contributed by atoms with Gasteiger partial charge >= 0.3 is 10.0 Å². The second-order valence-corrected chi connectivity index (χ2v) is 8.24. The van der Waals surface area contributed by atoms with Gasteiger partial charge in [0.15, 0.2) is 11.4 Å². The van der Waals surface area contributed by atoms with Crippen molar-refractivity contribution < 1.29 is 27.4 Å². The lowest BCUT2D eigenvalue weighted by Crippen LogP contribution is -2.23. The maximum atomic E-state index is 13.5. The molecule has 2 N–H and O–H groups in total. The summed E-state index contributed by atoms with van der Waals surface area (Å²) in [6.07, 6.45) is 1.47. The van der Waals surface area contributed by atoms with Crippen LogP contribution in [-0.2, 0) is 17.1 Å². The number of aromatic nitrogens is 1. The lowest BCUT2D eigenvalue weighted by atomic mass is 10.1. The van der Waals surface area contributed by atoms with E-state index in [0.717, 1.165) is 18.3 Å². The molecule has 0 aliphatic rings. The van der Waals surface area contributed by atoms with Gasteiger partial charge in [-0.15, -0.1) is 15.0 Å². The molecule has 0 spiro atoms. The molecule has 9 nitrogen and oxygen atoms in total. The van der Waals surface area contributed by atoms with Crippen molar-refractivity contribution in [1.29, 1.82) is 5.26 Å². The quantitative estimate of drug-likeness (QED) is 0.599. The van der Waals surface area contributed by atoms with E-state index in [0.29, 0.717) is 0 Å². The van der Waals surface area contributed by atoms with Gasteiger partial charge in [-0.1, -0.05) is 13.0 Å². The summed E-state index contributed by atoms with van der Waals surface area (Å²) in [5, 5.41) is 21.2. The number of hydrogen-bond acceptors (Lipinski definition) is 6. The number of halogens is 1. The van der Waals surface area contributed by atoms with E-state index in [1.165, 1.54) is 23.8 Å². The van der Waals surface area contributed by atoms with Crippen LogP contribution in [0.5, 0.6) is 5.75 Å². The Labute approximate surface area is 178 Å². The number of aryl methyl sites for hydroxylation is 1. The minimum atomic E-state index is -4.33. The molecule has 0 fully saturated rings. The molecule has 2 atom stereocenters. The number of nitrogens with zero attached hydrogens (tertiary/aromatic N) is 3. The van der Waals surface area contributed by atoms with Crippen LogP contribution in [-0.4, -0.2) is 36.7 Å². The Morgan fingerprint density at radius 1 is 1.55 bits per heavy atom. The molecule has 2 rings (SSSR count). The second-order valence-electron chi connectivity index (χ2n) is 6.64. The van der Waals surface area contributed by atoms with Crippen LogP contribution in [0.4, 0.5) is 10.1 Å². The molecule has 1 aromatic carbocycles. The van der Waals surface area contributed by atoms with Gasteiger partial charge in [-0.2, -0.15) is 5.26 Å². The van der Waals surface area contributed by atoms with Crippen LogP contribution < -0.4 is 10.1 Å². The van der Waals surface area contributed by atoms with Crippen molar-refractivity contribution in [3.8, 4) is 18.4 Å². The topological polar surface area (TPSA) is 126 Å². The summed E-state index contributed by atoms with van der Waals surface area (Å²) in [5.41, 5.74) is -0.359. The largest absolute Gasteiger partial charge is 0.515 e. The minimum absolute atomic E-state index is 0.110. The lowest BCUT2D eigenvalue weighted by Gasteiger charge is -2.17. The van der Waals surface area contributed by atoms with Crippen LogP contribution in [0.15, 0.2) is 41.9 Å². The molecule has 0 bridgehead atoms. The molecule has 2 aromatic rings. The van der Waals surface area contributed by atoms with Crippen LogP contribution >= 0.6 is 0 Å². The predicted molar refractivity (Wildman–Crippen MR) is 111 cm³/mol. The summed E-state index contributed by atoms with van der Waals surface area (Å²) in [4.78, 5) is 12.4. The minimum Gasteiger partial charge on any atom is -0.489 e. The summed E-state index contributed by atoms with van der Waals surface area (Å²) in [6.45, 7) is 9.95. The number of aliphatic hydroxyl groups is 1. The fourth-order valence-electron chi connectivity index (χ4n) is 2.64. The number of sulfonamides is 1. The summed E-state index contributed by atoms with van der Waals surface area (Å²) < 4.78 is 47.7. The van der Waals surface area contributed by atoms with Gasteiger partial charge in [0.2, 0.25) is 4.90 Å². The molecule has 11 heteroatoms. The Hall–Kier alpha value is -3.67. The first-order chi connectivity index (χ1) is 14.5. The number of hydrogen-bond donors (Lipinski definition) is 2. The number of amides is 1. The number of nitriles is 1. The van der Waals surface area contributed by atoms with Gasteiger partial charge in [-0.3, -0.25) is 4.79 Å². The van der Waals surface area contributed by atoms with Crippen LogP contribution in [0.3, 0.4) is 0 Å². The van der Waals surface area contributed by atoms with Crippen molar-refractivity contribution >= 4 is 21.6 Å². The normalized spacial score (nSPS) is 12.8. The van der Waals surface area contributed by atoms with Gasteiger partial charge in [0.1, 0.15) is 11.9 Å². The highest BCUT2D eigenvalue weighted by molar-refractivity contribution is 7.93. The molecule has 31 heavy (non-hydrogen) atoms. The summed E-state index contributed by atoms with van der Waals surface area (Å²) in [5.74, 6) is -2.34. The molecule has 0 aliphatic carbocycles. The first-order valence-electron chi connectivity index (χ1n) is 8.86. The highest BCUT2D eigenvalue weighted by Crippen LogP contribution is 2.33. The number of rotatable bonds is 8. The van der Waals surface area contributed by atoms with Gasteiger partial charge in [0.25, 0.3) is 12.5 Å². The average molecular weight is 447 g/mol. The third-order valence-corrected chi connectivity index (χ3v) is 5.52. The molecule has 162 valence electrons. The van der Waals surface area contributed by atoms with E-state index in [2.05, 4.69) is 16.1 Å². The fourth-order valence-corrected chi connectivity index (χ4v) is 3.44. The third-order valence-electron chi connectivity index (χ3n) is 4.39. The predicted octanol–water partition coefficient (Wildman–Crippen LogP) is 2.50. The van der Waals surface area contributed by atoms with Crippen LogP contribution in [0.1, 0.15) is 23.0 Å². The number of aliphatic hydroxyl groups excluding tert-OH is 1. The standard InChI is InChI=1S/C20H19FN4O5S/c1-5-16(26)12(2)11-30-19-17(31(28,29)23-3)10-25(4)18(19)20(27)24-14-6-7-15(21)13(8-14)9-22/h3,5-8,10,12,16,26H,1,11H2,2,4H3/p+1/t12?,16-/m1/s1. The summed E-state index contributed by atoms with van der Waals surface area (Å²) >= 11 is 0. The Morgan fingerprint density at radius 3 is 2.81 bits per heavy atom. The van der Waals surface area contributed by atoms with E-state index >= 15 is 0 Å². The van der Waals surface area contributed by atoms with Gasteiger partial charge in [0.05, 0.1) is 22.5 Å². The number of carbonyl (C=O) groups is 1. The van der Waals surface area contributed by atoms with Gasteiger partial charge in [0, 0.05) is 24.8 Å². The molecule has 1 aromatic heterocycles. The van der Waals surface area contributed by atoms with Gasteiger partial charge in [-0.05, 0) is 18.2 Å². The molecule has 0 saturated carbocycles. The SMILES string of the molecule is C#[N+]S(=O)(=O)c1cn(C)c(C(=O)Nc2ccc(F)c(C#N)c2)c1OCC(C)[C@H](O)C=C. The highest BCUT2D eigenvalue weighted by atomic mass is 32.2. The van der Waals surface area contributed by atoms with Crippen molar-refractivity contribution in [3.63, 3.8) is 0 Å². The molecule has 0 radical (unpaired) electrons. The molecule has 1 amide bonds. The fraction of sp³-hybridized carbons (Fsp3) is 0.250. The third kappa shape index (κ3) is 5.09. The van der Waals surface area contributed by atoms with Crippen molar-refractivity contribution in [1.82, 2.24) is 4.57 Å². The molecule has 0 saturated heterocycles.